The van der Waals surface area contributed by atoms with Crippen molar-refractivity contribution in [3.05, 3.63) is 0 Å². The number of thioether (sulfide) groups is 2. The molecule has 0 saturated carbocycles. The van der Waals surface area contributed by atoms with Crippen molar-refractivity contribution in [3.63, 3.8) is 0 Å². The number of nitrogens with zero attached hydrogens (tertiary/aromatic N) is 2. The summed E-state index contributed by atoms with van der Waals surface area (Å²) in [6.45, 7) is 9.53. The Morgan fingerprint density at radius 1 is 1.09 bits per heavy atom. The van der Waals surface area contributed by atoms with Crippen LogP contribution in [0, 0.1) is 5.92 Å². The van der Waals surface area contributed by atoms with Crippen molar-refractivity contribution in [1.82, 2.24) is 9.80 Å². The molecule has 3 aliphatic rings. The van der Waals surface area contributed by atoms with Crippen molar-refractivity contribution >= 4 is 29.4 Å². The third-order valence-corrected chi connectivity index (χ3v) is 7.72. The van der Waals surface area contributed by atoms with Gasteiger partial charge in [0.1, 0.15) is 4.58 Å². The first-order valence-corrected chi connectivity index (χ1v) is 10.6. The molecule has 0 radical (unpaired) electrons. The number of hydrogen-bond acceptors (Lipinski definition) is 5. The minimum absolute atomic E-state index is 0.178. The molecule has 0 aromatic carbocycles. The topological polar surface area (TPSA) is 32.8 Å². The molecule has 3 rings (SSSR count). The quantitative estimate of drug-likeness (QED) is 0.783. The lowest BCUT2D eigenvalue weighted by Gasteiger charge is -2.39. The van der Waals surface area contributed by atoms with Gasteiger partial charge in [0.2, 0.25) is 5.91 Å². The summed E-state index contributed by atoms with van der Waals surface area (Å²) >= 11 is 3.65. The number of likely N-dealkylation sites (tertiary alicyclic amines) is 1. The molecule has 3 saturated heterocycles. The highest BCUT2D eigenvalue weighted by Crippen LogP contribution is 2.34. The van der Waals surface area contributed by atoms with Crippen LogP contribution in [0.2, 0.25) is 0 Å². The number of ether oxygens (including phenoxy) is 1. The third kappa shape index (κ3) is 4.34. The van der Waals surface area contributed by atoms with E-state index in [9.17, 15) is 4.79 Å². The Labute approximate surface area is 142 Å². The second kappa shape index (κ2) is 7.77. The Kier molecular flexibility index (Phi) is 5.98. The minimum Gasteiger partial charge on any atom is -0.373 e. The van der Waals surface area contributed by atoms with Crippen LogP contribution in [-0.4, -0.2) is 76.7 Å². The first kappa shape index (κ1) is 16.9. The van der Waals surface area contributed by atoms with Crippen LogP contribution in [0.3, 0.4) is 0 Å². The maximum Gasteiger partial charge on any atom is 0.245 e. The van der Waals surface area contributed by atoms with E-state index in [0.717, 1.165) is 56.4 Å². The first-order valence-electron chi connectivity index (χ1n) is 8.51. The van der Waals surface area contributed by atoms with Crippen molar-refractivity contribution in [3.8, 4) is 0 Å². The highest BCUT2D eigenvalue weighted by molar-refractivity contribution is 8.21. The van der Waals surface area contributed by atoms with E-state index in [0.29, 0.717) is 18.1 Å². The molecule has 0 N–H and O–H groups in total. The summed E-state index contributed by atoms with van der Waals surface area (Å²) in [7, 11) is 0. The highest BCUT2D eigenvalue weighted by atomic mass is 32.2. The van der Waals surface area contributed by atoms with E-state index in [1.165, 1.54) is 6.54 Å². The van der Waals surface area contributed by atoms with Gasteiger partial charge in [-0.1, -0.05) is 0 Å². The molecule has 2 unspecified atom stereocenters. The number of morpholine rings is 1. The van der Waals surface area contributed by atoms with Gasteiger partial charge in [0.15, 0.2) is 0 Å². The first-order chi connectivity index (χ1) is 10.6. The number of piperidine rings is 1. The molecule has 0 aromatic rings. The smallest absolute Gasteiger partial charge is 0.245 e. The van der Waals surface area contributed by atoms with Crippen LogP contribution in [0.4, 0.5) is 0 Å². The van der Waals surface area contributed by atoms with Crippen LogP contribution in [0.1, 0.15) is 26.7 Å². The predicted molar refractivity (Wildman–Crippen MR) is 94.5 cm³/mol. The van der Waals surface area contributed by atoms with Crippen LogP contribution in [0.15, 0.2) is 0 Å². The van der Waals surface area contributed by atoms with Gasteiger partial charge in [-0.2, -0.15) is 0 Å². The second-order valence-corrected chi connectivity index (χ2v) is 9.54. The van der Waals surface area contributed by atoms with Gasteiger partial charge >= 0.3 is 0 Å². The van der Waals surface area contributed by atoms with Crippen molar-refractivity contribution in [2.45, 2.75) is 43.5 Å². The van der Waals surface area contributed by atoms with Crippen LogP contribution in [-0.2, 0) is 9.53 Å². The molecule has 2 atom stereocenters. The molecule has 3 fully saturated rings. The van der Waals surface area contributed by atoms with Gasteiger partial charge in [-0.25, -0.2) is 0 Å². The summed E-state index contributed by atoms with van der Waals surface area (Å²) in [4.78, 5) is 17.1. The van der Waals surface area contributed by atoms with E-state index in [-0.39, 0.29) is 4.58 Å². The van der Waals surface area contributed by atoms with Gasteiger partial charge in [0.25, 0.3) is 0 Å². The van der Waals surface area contributed by atoms with E-state index in [4.69, 9.17) is 4.74 Å². The van der Waals surface area contributed by atoms with Crippen molar-refractivity contribution < 1.29 is 9.53 Å². The number of carbonyl (C=O) groups excluding carboxylic acids is 1. The van der Waals surface area contributed by atoms with E-state index >= 15 is 0 Å². The molecule has 4 nitrogen and oxygen atoms in total. The molecule has 0 aromatic heterocycles. The largest absolute Gasteiger partial charge is 0.373 e. The third-order valence-electron chi connectivity index (χ3n) is 4.76. The van der Waals surface area contributed by atoms with Crippen LogP contribution < -0.4 is 0 Å². The fourth-order valence-corrected chi connectivity index (χ4v) is 6.53. The van der Waals surface area contributed by atoms with Gasteiger partial charge in [0.05, 0.1) is 12.2 Å². The number of hydrogen-bond donors (Lipinski definition) is 0. The number of amides is 1. The molecule has 3 aliphatic heterocycles. The zero-order valence-electron chi connectivity index (χ0n) is 13.7. The van der Waals surface area contributed by atoms with Gasteiger partial charge in [0, 0.05) is 44.2 Å². The summed E-state index contributed by atoms with van der Waals surface area (Å²) in [6, 6.07) is 0. The zero-order valence-corrected chi connectivity index (χ0v) is 15.3. The van der Waals surface area contributed by atoms with Crippen LogP contribution in [0.5, 0.6) is 0 Å². The Bertz CT molecular complexity index is 372. The fourth-order valence-electron chi connectivity index (χ4n) is 3.78. The lowest BCUT2D eigenvalue weighted by molar-refractivity contribution is -0.130. The molecule has 6 heteroatoms. The van der Waals surface area contributed by atoms with Gasteiger partial charge in [-0.3, -0.25) is 9.69 Å². The van der Waals surface area contributed by atoms with Crippen molar-refractivity contribution in [2.75, 3.05) is 44.2 Å². The zero-order chi connectivity index (χ0) is 15.5. The molecule has 0 spiro atoms. The molecule has 0 bridgehead atoms. The van der Waals surface area contributed by atoms with E-state index in [1.807, 2.05) is 23.5 Å². The average molecular weight is 345 g/mol. The van der Waals surface area contributed by atoms with E-state index in [1.54, 1.807) is 0 Å². The van der Waals surface area contributed by atoms with Gasteiger partial charge in [-0.05, 0) is 32.6 Å². The average Bonchev–Trinajstić information content (AvgIpc) is 3.00. The summed E-state index contributed by atoms with van der Waals surface area (Å²) < 4.78 is 5.99. The minimum atomic E-state index is 0.178. The summed E-state index contributed by atoms with van der Waals surface area (Å²) in [5, 5.41) is 0. The Morgan fingerprint density at radius 2 is 1.68 bits per heavy atom. The van der Waals surface area contributed by atoms with Crippen LogP contribution >= 0.6 is 23.5 Å². The Balaban J connectivity index is 1.42. The molecule has 0 aliphatic carbocycles. The molecular weight excluding hydrogens is 316 g/mol. The lowest BCUT2D eigenvalue weighted by atomic mass is 9.95. The molecular formula is C16H28N2O2S2. The molecule has 22 heavy (non-hydrogen) atoms. The summed E-state index contributed by atoms with van der Waals surface area (Å²) in [5.74, 6) is 3.38. The lowest BCUT2D eigenvalue weighted by Crippen LogP contribution is -2.49. The standard InChI is InChI=1S/C16H28N2O2S2/c1-12-9-17(10-13(2)20-12)11-14-3-5-18(6-4-14)15(19)16-21-7-8-22-16/h12-14,16H,3-11H2,1-2H3. The van der Waals surface area contributed by atoms with Crippen molar-refractivity contribution in [2.24, 2.45) is 5.92 Å². The van der Waals surface area contributed by atoms with Gasteiger partial charge in [-0.15, -0.1) is 23.5 Å². The van der Waals surface area contributed by atoms with E-state index < -0.39 is 0 Å². The van der Waals surface area contributed by atoms with Crippen LogP contribution in [0.25, 0.3) is 0 Å². The molecule has 126 valence electrons. The SMILES string of the molecule is CC1CN(CC2CCN(C(=O)C3SCCS3)CC2)CC(C)O1. The predicted octanol–water partition coefficient (Wildman–Crippen LogP) is 2.14. The normalized spacial score (nSPS) is 32.5. The van der Waals surface area contributed by atoms with Gasteiger partial charge < -0.3 is 9.64 Å². The Hall–Kier alpha value is 0.0900. The van der Waals surface area contributed by atoms with Crippen molar-refractivity contribution in [1.29, 1.82) is 0 Å². The summed E-state index contributed by atoms with van der Waals surface area (Å²) in [5.41, 5.74) is 0. The maximum atomic E-state index is 12.4. The molecule has 3 heterocycles. The monoisotopic (exact) mass is 344 g/mol. The Morgan fingerprint density at radius 3 is 2.27 bits per heavy atom. The second-order valence-electron chi connectivity index (χ2n) is 6.82. The molecule has 1 amide bonds. The fraction of sp³-hybridized carbons (Fsp3) is 0.938. The van der Waals surface area contributed by atoms with E-state index in [2.05, 4.69) is 23.6 Å². The number of rotatable bonds is 3. The maximum absolute atomic E-state index is 12.4. The number of carbonyl (C=O) groups is 1. The summed E-state index contributed by atoms with van der Waals surface area (Å²) in [6.07, 6.45) is 3.02. The highest BCUT2D eigenvalue weighted by Gasteiger charge is 2.32.